The van der Waals surface area contributed by atoms with Gasteiger partial charge in [0, 0.05) is 11.1 Å². The lowest BCUT2D eigenvalue weighted by atomic mass is 9.94. The molecule has 0 radical (unpaired) electrons. The van der Waals surface area contributed by atoms with E-state index < -0.39 is 48.9 Å². The molecule has 1 aliphatic rings. The van der Waals surface area contributed by atoms with Gasteiger partial charge in [0.15, 0.2) is 0 Å². The first-order valence-corrected chi connectivity index (χ1v) is 7.41. The quantitative estimate of drug-likeness (QED) is 0.502. The van der Waals surface area contributed by atoms with E-state index in [0.717, 1.165) is 12.8 Å². The van der Waals surface area contributed by atoms with Crippen molar-refractivity contribution in [3.8, 4) is 0 Å². The Morgan fingerprint density at radius 2 is 1.12 bits per heavy atom. The zero-order valence-electron chi connectivity index (χ0n) is 13.2. The molecule has 24 heavy (non-hydrogen) atoms. The molecule has 1 saturated carbocycles. The average Bonchev–Trinajstić information content (AvgIpc) is 2.47. The number of carbonyl (C=O) groups excluding carboxylic acids is 2. The van der Waals surface area contributed by atoms with E-state index in [2.05, 4.69) is 13.2 Å². The summed E-state index contributed by atoms with van der Waals surface area (Å²) in [5.41, 5.74) is -0.401. The maximum Gasteiger partial charge on any atom is 0.334 e. The van der Waals surface area contributed by atoms with Gasteiger partial charge in [-0.05, 0) is 25.7 Å². The van der Waals surface area contributed by atoms with E-state index >= 15 is 0 Å². The van der Waals surface area contributed by atoms with Crippen molar-refractivity contribution in [3.05, 3.63) is 24.3 Å². The number of rotatable bonds is 8. The Morgan fingerprint density at radius 3 is 1.42 bits per heavy atom. The molecule has 0 amide bonds. The predicted octanol–water partition coefficient (Wildman–Crippen LogP) is 1.45. The van der Waals surface area contributed by atoms with Crippen molar-refractivity contribution in [2.24, 2.45) is 0 Å². The van der Waals surface area contributed by atoms with Gasteiger partial charge in [-0.2, -0.15) is 0 Å². The lowest BCUT2D eigenvalue weighted by Gasteiger charge is -2.31. The molecule has 8 heteroatoms. The minimum Gasteiger partial charge on any atom is -0.481 e. The molecule has 8 nitrogen and oxygen atoms in total. The second-order valence-corrected chi connectivity index (χ2v) is 5.52. The molecule has 0 bridgehead atoms. The number of carboxylic acid groups (broad SMARTS) is 2. The highest BCUT2D eigenvalue weighted by Gasteiger charge is 2.32. The smallest absolute Gasteiger partial charge is 0.334 e. The standard InChI is InChI=1S/C16H20O8/c1-9(7-13(17)18)15(21)23-11-5-3-4-6-12(11)24-16(22)10(2)8-14(19)20/h11-12H,1-8H2,(H,17,18)(H,19,20). The fraction of sp³-hybridized carbons (Fsp3) is 0.500. The minimum atomic E-state index is -1.20. The molecule has 0 heterocycles. The Balaban J connectivity index is 2.64. The van der Waals surface area contributed by atoms with Crippen molar-refractivity contribution in [3.63, 3.8) is 0 Å². The van der Waals surface area contributed by atoms with Crippen LogP contribution >= 0.6 is 0 Å². The van der Waals surface area contributed by atoms with Gasteiger partial charge in [-0.25, -0.2) is 9.59 Å². The van der Waals surface area contributed by atoms with Crippen molar-refractivity contribution < 1.29 is 38.9 Å². The van der Waals surface area contributed by atoms with Gasteiger partial charge < -0.3 is 19.7 Å². The Kier molecular flexibility index (Phi) is 7.16. The summed E-state index contributed by atoms with van der Waals surface area (Å²) in [5, 5.41) is 17.3. The van der Waals surface area contributed by atoms with E-state index in [0.29, 0.717) is 12.8 Å². The van der Waals surface area contributed by atoms with Crippen LogP contribution in [0.25, 0.3) is 0 Å². The van der Waals surface area contributed by atoms with Gasteiger partial charge in [-0.3, -0.25) is 9.59 Å². The second kappa shape index (κ2) is 8.85. The molecule has 0 saturated heterocycles. The van der Waals surface area contributed by atoms with Gasteiger partial charge in [0.2, 0.25) is 0 Å². The number of esters is 2. The highest BCUT2D eigenvalue weighted by atomic mass is 16.6. The van der Waals surface area contributed by atoms with E-state index in [4.69, 9.17) is 19.7 Å². The molecule has 2 unspecified atom stereocenters. The zero-order chi connectivity index (χ0) is 18.3. The molecule has 2 N–H and O–H groups in total. The van der Waals surface area contributed by atoms with E-state index in [9.17, 15) is 19.2 Å². The van der Waals surface area contributed by atoms with Gasteiger partial charge in [-0.15, -0.1) is 0 Å². The number of hydrogen-bond donors (Lipinski definition) is 2. The highest BCUT2D eigenvalue weighted by Crippen LogP contribution is 2.25. The maximum atomic E-state index is 11.8. The third kappa shape index (κ3) is 6.23. The fourth-order valence-electron chi connectivity index (χ4n) is 2.28. The van der Waals surface area contributed by atoms with Crippen LogP contribution in [0.15, 0.2) is 24.3 Å². The Labute approximate surface area is 138 Å². The van der Waals surface area contributed by atoms with Crippen molar-refractivity contribution in [2.45, 2.75) is 50.7 Å². The van der Waals surface area contributed by atoms with Gasteiger partial charge in [0.25, 0.3) is 0 Å². The molecular weight excluding hydrogens is 320 g/mol. The van der Waals surface area contributed by atoms with Crippen LogP contribution in [-0.4, -0.2) is 46.3 Å². The molecule has 0 aromatic rings. The highest BCUT2D eigenvalue weighted by molar-refractivity contribution is 5.93. The third-order valence-corrected chi connectivity index (χ3v) is 3.47. The van der Waals surface area contributed by atoms with Gasteiger partial charge >= 0.3 is 23.9 Å². The molecule has 1 rings (SSSR count). The molecule has 132 valence electrons. The van der Waals surface area contributed by atoms with Gasteiger partial charge in [-0.1, -0.05) is 13.2 Å². The zero-order valence-corrected chi connectivity index (χ0v) is 13.2. The largest absolute Gasteiger partial charge is 0.481 e. The van der Waals surface area contributed by atoms with Crippen LogP contribution in [0.4, 0.5) is 0 Å². The molecular formula is C16H20O8. The Hall–Kier alpha value is -2.64. The summed E-state index contributed by atoms with van der Waals surface area (Å²) in [6.07, 6.45) is -0.0976. The number of aliphatic carboxylic acids is 2. The van der Waals surface area contributed by atoms with E-state index in [1.807, 2.05) is 0 Å². The van der Waals surface area contributed by atoms with Crippen LogP contribution < -0.4 is 0 Å². The van der Waals surface area contributed by atoms with Crippen molar-refractivity contribution in [1.82, 2.24) is 0 Å². The van der Waals surface area contributed by atoms with E-state index in [1.165, 1.54) is 0 Å². The molecule has 0 aromatic carbocycles. The normalized spacial score (nSPS) is 19.8. The van der Waals surface area contributed by atoms with E-state index in [-0.39, 0.29) is 11.1 Å². The number of ether oxygens (including phenoxy) is 2. The molecule has 0 spiro atoms. The maximum absolute atomic E-state index is 11.8. The summed E-state index contributed by atoms with van der Waals surface area (Å²) in [6.45, 7) is 6.73. The lowest BCUT2D eigenvalue weighted by molar-refractivity contribution is -0.167. The summed E-state index contributed by atoms with van der Waals surface area (Å²) >= 11 is 0. The SMILES string of the molecule is C=C(CC(=O)O)C(=O)OC1CCCCC1OC(=O)C(=C)CC(=O)O. The molecule has 0 aromatic heterocycles. The summed E-state index contributed by atoms with van der Waals surface area (Å²) in [4.78, 5) is 44.8. The third-order valence-electron chi connectivity index (χ3n) is 3.47. The molecule has 1 aliphatic carbocycles. The summed E-state index contributed by atoms with van der Waals surface area (Å²) < 4.78 is 10.4. The van der Waals surface area contributed by atoms with Crippen LogP contribution in [0.5, 0.6) is 0 Å². The van der Waals surface area contributed by atoms with Crippen molar-refractivity contribution in [1.29, 1.82) is 0 Å². The summed E-state index contributed by atoms with van der Waals surface area (Å²) in [7, 11) is 0. The first-order chi connectivity index (χ1) is 11.2. The number of carboxylic acids is 2. The first-order valence-electron chi connectivity index (χ1n) is 7.41. The van der Waals surface area contributed by atoms with Gasteiger partial charge in [0.05, 0.1) is 12.8 Å². The fourth-order valence-corrected chi connectivity index (χ4v) is 2.28. The van der Waals surface area contributed by atoms with Crippen molar-refractivity contribution >= 4 is 23.9 Å². The van der Waals surface area contributed by atoms with Crippen LogP contribution in [0, 0.1) is 0 Å². The molecule has 2 atom stereocenters. The monoisotopic (exact) mass is 340 g/mol. The average molecular weight is 340 g/mol. The van der Waals surface area contributed by atoms with Gasteiger partial charge in [0.1, 0.15) is 12.2 Å². The molecule has 0 aliphatic heterocycles. The second-order valence-electron chi connectivity index (χ2n) is 5.52. The van der Waals surface area contributed by atoms with Crippen LogP contribution in [-0.2, 0) is 28.7 Å². The Morgan fingerprint density at radius 1 is 0.792 bits per heavy atom. The Bertz CT molecular complexity index is 512. The van der Waals surface area contributed by atoms with Crippen LogP contribution in [0.1, 0.15) is 38.5 Å². The van der Waals surface area contributed by atoms with Crippen LogP contribution in [0.3, 0.4) is 0 Å². The topological polar surface area (TPSA) is 127 Å². The van der Waals surface area contributed by atoms with E-state index in [1.54, 1.807) is 0 Å². The molecule has 1 fully saturated rings. The summed E-state index contributed by atoms with van der Waals surface area (Å²) in [6, 6.07) is 0. The van der Waals surface area contributed by atoms with Crippen LogP contribution in [0.2, 0.25) is 0 Å². The predicted molar refractivity (Wildman–Crippen MR) is 81.0 cm³/mol. The minimum absolute atomic E-state index is 0.201. The first kappa shape index (κ1) is 19.4. The van der Waals surface area contributed by atoms with Crippen molar-refractivity contribution in [2.75, 3.05) is 0 Å². The lowest BCUT2D eigenvalue weighted by Crippen LogP contribution is -2.38. The number of carbonyl (C=O) groups is 4. The number of hydrogen-bond acceptors (Lipinski definition) is 6. The summed E-state index contributed by atoms with van der Waals surface area (Å²) in [5.74, 6) is -4.11.